The first kappa shape index (κ1) is 12.6. The Labute approximate surface area is 118 Å². The van der Waals surface area contributed by atoms with E-state index < -0.39 is 5.82 Å². The third-order valence-electron chi connectivity index (χ3n) is 2.76. The van der Waals surface area contributed by atoms with Crippen molar-refractivity contribution in [2.45, 2.75) is 0 Å². The van der Waals surface area contributed by atoms with Gasteiger partial charge < -0.3 is 15.8 Å². The zero-order valence-corrected chi connectivity index (χ0v) is 11.4. The van der Waals surface area contributed by atoms with Gasteiger partial charge in [-0.05, 0) is 23.6 Å². The van der Waals surface area contributed by atoms with E-state index in [9.17, 15) is 4.39 Å². The lowest BCUT2D eigenvalue weighted by Gasteiger charge is -2.09. The molecular formula is C13H11FN4OS. The van der Waals surface area contributed by atoms with Gasteiger partial charge in [0.1, 0.15) is 10.6 Å². The number of thiophene rings is 1. The summed E-state index contributed by atoms with van der Waals surface area (Å²) in [6.45, 7) is 0. The van der Waals surface area contributed by atoms with E-state index in [-0.39, 0.29) is 11.7 Å². The Balaban J connectivity index is 2.02. The van der Waals surface area contributed by atoms with Crippen LogP contribution in [0.4, 0.5) is 21.8 Å². The van der Waals surface area contributed by atoms with Crippen LogP contribution in [0.2, 0.25) is 0 Å². The maximum atomic E-state index is 13.4. The predicted octanol–water partition coefficient (Wildman–Crippen LogP) is 3.16. The Morgan fingerprint density at radius 3 is 2.95 bits per heavy atom. The van der Waals surface area contributed by atoms with E-state index in [1.165, 1.54) is 24.5 Å². The lowest BCUT2D eigenvalue weighted by Crippen LogP contribution is -2.00. The van der Waals surface area contributed by atoms with Crippen LogP contribution < -0.4 is 15.8 Å². The highest BCUT2D eigenvalue weighted by Gasteiger charge is 2.09. The van der Waals surface area contributed by atoms with Gasteiger partial charge in [0, 0.05) is 11.8 Å². The Hall–Kier alpha value is -2.41. The molecule has 20 heavy (non-hydrogen) atoms. The van der Waals surface area contributed by atoms with Crippen molar-refractivity contribution in [3.63, 3.8) is 0 Å². The van der Waals surface area contributed by atoms with E-state index in [2.05, 4.69) is 15.3 Å². The summed E-state index contributed by atoms with van der Waals surface area (Å²) in [6, 6.07) is 6.40. The maximum absolute atomic E-state index is 13.4. The van der Waals surface area contributed by atoms with Crippen molar-refractivity contribution in [3.05, 3.63) is 35.5 Å². The summed E-state index contributed by atoms with van der Waals surface area (Å²) in [7, 11) is 1.42. The van der Waals surface area contributed by atoms with Gasteiger partial charge >= 0.3 is 0 Å². The number of nitrogens with two attached hydrogens (primary N) is 1. The van der Waals surface area contributed by atoms with Gasteiger partial charge in [0.05, 0.1) is 12.5 Å². The molecule has 0 atom stereocenters. The molecule has 2 aromatic heterocycles. The van der Waals surface area contributed by atoms with Crippen LogP contribution in [0.25, 0.3) is 10.2 Å². The number of rotatable bonds is 3. The molecule has 0 aliphatic heterocycles. The summed E-state index contributed by atoms with van der Waals surface area (Å²) in [6.07, 6.45) is 0. The number of halogens is 1. The fourth-order valence-corrected chi connectivity index (χ4v) is 2.61. The first-order valence-corrected chi connectivity index (χ1v) is 6.66. The number of nitrogens with zero attached hydrogens (tertiary/aromatic N) is 2. The smallest absolute Gasteiger partial charge is 0.223 e. The largest absolute Gasteiger partial charge is 0.494 e. The van der Waals surface area contributed by atoms with Crippen molar-refractivity contribution in [1.29, 1.82) is 0 Å². The van der Waals surface area contributed by atoms with Crippen LogP contribution >= 0.6 is 11.3 Å². The average Bonchev–Trinajstić information content (AvgIpc) is 2.89. The fourth-order valence-electron chi connectivity index (χ4n) is 1.84. The second kappa shape index (κ2) is 4.93. The van der Waals surface area contributed by atoms with Crippen molar-refractivity contribution >= 4 is 39.0 Å². The fraction of sp³-hybridized carbons (Fsp3) is 0.0769. The van der Waals surface area contributed by atoms with Crippen LogP contribution in [-0.4, -0.2) is 17.1 Å². The number of hydrogen-bond acceptors (Lipinski definition) is 6. The van der Waals surface area contributed by atoms with Gasteiger partial charge in [-0.25, -0.2) is 9.37 Å². The number of aromatic nitrogens is 2. The quantitative estimate of drug-likeness (QED) is 0.775. The maximum Gasteiger partial charge on any atom is 0.223 e. The van der Waals surface area contributed by atoms with Gasteiger partial charge in [-0.2, -0.15) is 4.98 Å². The van der Waals surface area contributed by atoms with Crippen molar-refractivity contribution in [2.75, 3.05) is 18.2 Å². The van der Waals surface area contributed by atoms with Gasteiger partial charge in [0.25, 0.3) is 0 Å². The predicted molar refractivity (Wildman–Crippen MR) is 78.1 cm³/mol. The molecule has 7 heteroatoms. The van der Waals surface area contributed by atoms with E-state index in [0.29, 0.717) is 11.5 Å². The molecule has 0 aliphatic rings. The first-order valence-electron chi connectivity index (χ1n) is 5.78. The number of ether oxygens (including phenoxy) is 1. The summed E-state index contributed by atoms with van der Waals surface area (Å²) < 4.78 is 18.3. The molecule has 1 aromatic carbocycles. The molecule has 0 aliphatic carbocycles. The molecule has 5 nitrogen and oxygen atoms in total. The average molecular weight is 290 g/mol. The Kier molecular flexibility index (Phi) is 3.11. The van der Waals surface area contributed by atoms with Crippen LogP contribution in [0.15, 0.2) is 29.6 Å². The minimum absolute atomic E-state index is 0.165. The standard InChI is InChI=1S/C13H11FN4OS/c1-19-10-6-7(2-3-9(10)14)16-11-8-4-5-20-12(8)18-13(15)17-11/h2-6H,1H3,(H3,15,16,17,18). The van der Waals surface area contributed by atoms with E-state index in [0.717, 1.165) is 10.2 Å². The molecule has 0 radical (unpaired) electrons. The highest BCUT2D eigenvalue weighted by Crippen LogP contribution is 2.29. The lowest BCUT2D eigenvalue weighted by molar-refractivity contribution is 0.387. The molecule has 3 N–H and O–H groups in total. The molecule has 0 saturated heterocycles. The highest BCUT2D eigenvalue weighted by atomic mass is 32.1. The molecule has 0 amide bonds. The lowest BCUT2D eigenvalue weighted by atomic mass is 10.2. The summed E-state index contributed by atoms with van der Waals surface area (Å²) in [5, 5.41) is 5.88. The van der Waals surface area contributed by atoms with Crippen molar-refractivity contribution in [3.8, 4) is 5.75 Å². The summed E-state index contributed by atoms with van der Waals surface area (Å²) in [4.78, 5) is 9.12. The Morgan fingerprint density at radius 2 is 2.15 bits per heavy atom. The zero-order chi connectivity index (χ0) is 14.1. The van der Waals surface area contributed by atoms with Crippen LogP contribution in [-0.2, 0) is 0 Å². The SMILES string of the molecule is COc1cc(Nc2nc(N)nc3sccc23)ccc1F. The van der Waals surface area contributed by atoms with Crippen molar-refractivity contribution in [1.82, 2.24) is 9.97 Å². The number of methoxy groups -OCH3 is 1. The van der Waals surface area contributed by atoms with Crippen LogP contribution in [0.1, 0.15) is 0 Å². The van der Waals surface area contributed by atoms with Crippen LogP contribution in [0, 0.1) is 5.82 Å². The molecule has 2 heterocycles. The Morgan fingerprint density at radius 1 is 1.30 bits per heavy atom. The Bertz CT molecular complexity index is 774. The second-order valence-corrected chi connectivity index (χ2v) is 4.94. The zero-order valence-electron chi connectivity index (χ0n) is 10.6. The van der Waals surface area contributed by atoms with Gasteiger partial charge in [0.2, 0.25) is 5.95 Å². The number of benzene rings is 1. The molecule has 0 unspecified atom stereocenters. The van der Waals surface area contributed by atoms with Crippen LogP contribution in [0.3, 0.4) is 0 Å². The van der Waals surface area contributed by atoms with Gasteiger partial charge in [-0.3, -0.25) is 0 Å². The number of fused-ring (bicyclic) bond motifs is 1. The molecule has 3 rings (SSSR count). The third-order valence-corrected chi connectivity index (χ3v) is 3.56. The molecule has 3 aromatic rings. The molecule has 0 spiro atoms. The van der Waals surface area contributed by atoms with Gasteiger partial charge in [-0.1, -0.05) is 0 Å². The monoisotopic (exact) mass is 290 g/mol. The highest BCUT2D eigenvalue weighted by molar-refractivity contribution is 7.16. The van der Waals surface area contributed by atoms with E-state index >= 15 is 0 Å². The molecule has 0 bridgehead atoms. The summed E-state index contributed by atoms with van der Waals surface area (Å²) in [5.74, 6) is 0.526. The third kappa shape index (κ3) is 2.23. The van der Waals surface area contributed by atoms with E-state index in [4.69, 9.17) is 10.5 Å². The summed E-state index contributed by atoms with van der Waals surface area (Å²) >= 11 is 1.48. The summed E-state index contributed by atoms with van der Waals surface area (Å²) in [5.41, 5.74) is 6.34. The number of hydrogen-bond donors (Lipinski definition) is 2. The number of nitrogens with one attached hydrogen (secondary N) is 1. The molecule has 102 valence electrons. The molecular weight excluding hydrogens is 279 g/mol. The van der Waals surface area contributed by atoms with Crippen molar-refractivity contribution in [2.24, 2.45) is 0 Å². The minimum atomic E-state index is -0.416. The van der Waals surface area contributed by atoms with E-state index in [1.54, 1.807) is 12.1 Å². The molecule has 0 fully saturated rings. The number of anilines is 3. The second-order valence-electron chi connectivity index (χ2n) is 4.04. The number of nitrogen functional groups attached to an aromatic ring is 1. The van der Waals surface area contributed by atoms with Crippen LogP contribution in [0.5, 0.6) is 5.75 Å². The van der Waals surface area contributed by atoms with Gasteiger partial charge in [-0.15, -0.1) is 11.3 Å². The van der Waals surface area contributed by atoms with Crippen molar-refractivity contribution < 1.29 is 9.13 Å². The topological polar surface area (TPSA) is 73.1 Å². The van der Waals surface area contributed by atoms with E-state index in [1.807, 2.05) is 11.4 Å². The minimum Gasteiger partial charge on any atom is -0.494 e. The normalized spacial score (nSPS) is 10.7. The molecule has 0 saturated carbocycles. The first-order chi connectivity index (χ1) is 9.67. The van der Waals surface area contributed by atoms with Gasteiger partial charge in [0.15, 0.2) is 11.6 Å².